The third kappa shape index (κ3) is 3.68. The largest absolute Gasteiger partial charge is 0.365 e. The van der Waals surface area contributed by atoms with E-state index in [0.717, 1.165) is 16.7 Å². The van der Waals surface area contributed by atoms with Crippen LogP contribution in [0.4, 0.5) is 11.5 Å². The van der Waals surface area contributed by atoms with Crippen LogP contribution in [0.25, 0.3) is 21.7 Å². The number of rotatable bonds is 5. The lowest BCUT2D eigenvalue weighted by Gasteiger charge is -2.11. The van der Waals surface area contributed by atoms with Crippen LogP contribution >= 0.6 is 11.6 Å². The van der Waals surface area contributed by atoms with Gasteiger partial charge in [-0.05, 0) is 34.5 Å². The fourth-order valence-corrected chi connectivity index (χ4v) is 3.16. The van der Waals surface area contributed by atoms with Gasteiger partial charge in [-0.15, -0.1) is 11.6 Å². The predicted octanol–water partition coefficient (Wildman–Crippen LogP) is 4.57. The minimum atomic E-state index is -0.251. The lowest BCUT2D eigenvalue weighted by molar-refractivity contribution is -0.113. The molecule has 2 N–H and O–H groups in total. The number of aromatic nitrogens is 2. The van der Waals surface area contributed by atoms with Crippen molar-refractivity contribution in [3.63, 3.8) is 0 Å². The summed E-state index contributed by atoms with van der Waals surface area (Å²) in [5, 5.41) is 9.46. The molecule has 1 aromatic heterocycles. The zero-order chi connectivity index (χ0) is 18.6. The fraction of sp³-hybridized carbons (Fsp3) is 0.0952. The van der Waals surface area contributed by atoms with Crippen LogP contribution < -0.4 is 10.6 Å². The van der Waals surface area contributed by atoms with Crippen molar-refractivity contribution in [2.75, 3.05) is 16.5 Å². The number of alkyl halides is 1. The van der Waals surface area contributed by atoms with E-state index in [2.05, 4.69) is 50.9 Å². The number of carbonyl (C=O) groups excluding carboxylic acids is 1. The molecular weight excluding hydrogens is 360 g/mol. The van der Waals surface area contributed by atoms with E-state index >= 15 is 0 Å². The molecule has 6 heteroatoms. The second-order valence-corrected chi connectivity index (χ2v) is 6.40. The normalized spacial score (nSPS) is 10.9. The minimum absolute atomic E-state index is 0.0837. The van der Waals surface area contributed by atoms with Crippen LogP contribution in [0.15, 0.2) is 67.0 Å². The van der Waals surface area contributed by atoms with Gasteiger partial charge in [0.2, 0.25) is 5.91 Å². The highest BCUT2D eigenvalue weighted by molar-refractivity contribution is 6.29. The van der Waals surface area contributed by atoms with Gasteiger partial charge in [-0.25, -0.2) is 9.97 Å². The van der Waals surface area contributed by atoms with E-state index in [4.69, 9.17) is 11.6 Å². The molecule has 0 saturated carbocycles. The molecule has 0 bridgehead atoms. The Balaban J connectivity index is 1.61. The maximum atomic E-state index is 11.5. The predicted molar refractivity (Wildman–Crippen MR) is 110 cm³/mol. The van der Waals surface area contributed by atoms with Crippen LogP contribution in [0, 0.1) is 0 Å². The van der Waals surface area contributed by atoms with Gasteiger partial charge >= 0.3 is 0 Å². The topological polar surface area (TPSA) is 66.9 Å². The average Bonchev–Trinajstić information content (AvgIpc) is 2.71. The van der Waals surface area contributed by atoms with Gasteiger partial charge in [-0.1, -0.05) is 42.5 Å². The summed E-state index contributed by atoms with van der Waals surface area (Å²) in [4.78, 5) is 20.1. The summed E-state index contributed by atoms with van der Waals surface area (Å²) in [6.45, 7) is 0.651. The van der Waals surface area contributed by atoms with Crippen LogP contribution in [0.5, 0.6) is 0 Å². The fourth-order valence-electron chi connectivity index (χ4n) is 3.10. The van der Waals surface area contributed by atoms with E-state index in [-0.39, 0.29) is 11.8 Å². The van der Waals surface area contributed by atoms with Gasteiger partial charge in [0.15, 0.2) is 0 Å². The van der Waals surface area contributed by atoms with Crippen LogP contribution in [0.3, 0.4) is 0 Å². The number of benzene rings is 3. The SMILES string of the molecule is O=C(CCl)Nc1ccc2c(NCc3cccc4ccccc34)ncnc2c1. The summed E-state index contributed by atoms with van der Waals surface area (Å²) in [5.41, 5.74) is 2.61. The smallest absolute Gasteiger partial charge is 0.239 e. The van der Waals surface area contributed by atoms with E-state index in [1.165, 1.54) is 22.7 Å². The summed E-state index contributed by atoms with van der Waals surface area (Å²) in [5.74, 6) is 0.419. The lowest BCUT2D eigenvalue weighted by atomic mass is 10.0. The first-order valence-corrected chi connectivity index (χ1v) is 9.09. The maximum absolute atomic E-state index is 11.5. The Morgan fingerprint density at radius 2 is 1.81 bits per heavy atom. The number of halogens is 1. The number of hydrogen-bond donors (Lipinski definition) is 2. The summed E-state index contributed by atoms with van der Waals surface area (Å²) < 4.78 is 0. The van der Waals surface area contributed by atoms with Crippen LogP contribution in [0.1, 0.15) is 5.56 Å². The van der Waals surface area contributed by atoms with Crippen LogP contribution in [-0.4, -0.2) is 21.8 Å². The molecule has 0 aliphatic heterocycles. The third-order valence-corrected chi connectivity index (χ3v) is 4.61. The van der Waals surface area contributed by atoms with E-state index in [1.807, 2.05) is 30.3 Å². The molecule has 5 nitrogen and oxygen atoms in total. The monoisotopic (exact) mass is 376 g/mol. The van der Waals surface area contributed by atoms with Crippen molar-refractivity contribution in [1.29, 1.82) is 0 Å². The molecule has 0 saturated heterocycles. The molecule has 0 radical (unpaired) electrons. The zero-order valence-electron chi connectivity index (χ0n) is 14.4. The first kappa shape index (κ1) is 17.2. The second-order valence-electron chi connectivity index (χ2n) is 6.13. The molecule has 0 spiro atoms. The standard InChI is InChI=1S/C21H17ClN4O/c22-11-20(27)26-16-8-9-18-19(10-16)24-13-25-21(18)23-12-15-6-3-5-14-4-1-2-7-17(14)15/h1-10,13H,11-12H2,(H,26,27)(H,23,24,25). The molecule has 1 heterocycles. The number of hydrogen-bond acceptors (Lipinski definition) is 4. The van der Waals surface area contributed by atoms with Crippen molar-refractivity contribution in [1.82, 2.24) is 9.97 Å². The molecule has 3 aromatic carbocycles. The molecule has 4 aromatic rings. The van der Waals surface area contributed by atoms with Gasteiger partial charge in [0.25, 0.3) is 0 Å². The van der Waals surface area contributed by atoms with Gasteiger partial charge in [-0.2, -0.15) is 0 Å². The highest BCUT2D eigenvalue weighted by Crippen LogP contribution is 2.24. The van der Waals surface area contributed by atoms with Crippen molar-refractivity contribution >= 4 is 50.7 Å². The molecule has 0 aliphatic carbocycles. The van der Waals surface area contributed by atoms with Crippen LogP contribution in [0.2, 0.25) is 0 Å². The van der Waals surface area contributed by atoms with Gasteiger partial charge in [0.1, 0.15) is 18.0 Å². The molecule has 0 unspecified atom stereocenters. The number of nitrogens with one attached hydrogen (secondary N) is 2. The Morgan fingerprint density at radius 3 is 2.70 bits per heavy atom. The van der Waals surface area contributed by atoms with E-state index in [1.54, 1.807) is 0 Å². The van der Waals surface area contributed by atoms with Crippen molar-refractivity contribution in [3.05, 3.63) is 72.6 Å². The van der Waals surface area contributed by atoms with E-state index in [0.29, 0.717) is 12.2 Å². The third-order valence-electron chi connectivity index (χ3n) is 4.37. The number of nitrogens with zero attached hydrogens (tertiary/aromatic N) is 2. The Hall–Kier alpha value is -3.18. The van der Waals surface area contributed by atoms with Crippen molar-refractivity contribution < 1.29 is 4.79 Å². The molecule has 27 heavy (non-hydrogen) atoms. The van der Waals surface area contributed by atoms with Gasteiger partial charge in [0, 0.05) is 17.6 Å². The van der Waals surface area contributed by atoms with E-state index in [9.17, 15) is 4.79 Å². The van der Waals surface area contributed by atoms with Gasteiger partial charge in [0.05, 0.1) is 5.52 Å². The number of anilines is 2. The van der Waals surface area contributed by atoms with Crippen molar-refractivity contribution in [3.8, 4) is 0 Å². The molecule has 1 amide bonds. The Kier molecular flexibility index (Phi) is 4.85. The summed E-state index contributed by atoms with van der Waals surface area (Å²) in [6, 6.07) is 20.1. The Morgan fingerprint density at radius 1 is 0.963 bits per heavy atom. The number of carbonyl (C=O) groups is 1. The number of amides is 1. The quantitative estimate of drug-likeness (QED) is 0.500. The van der Waals surface area contributed by atoms with Crippen molar-refractivity contribution in [2.24, 2.45) is 0 Å². The highest BCUT2D eigenvalue weighted by Gasteiger charge is 2.07. The molecule has 134 valence electrons. The van der Waals surface area contributed by atoms with E-state index < -0.39 is 0 Å². The summed E-state index contributed by atoms with van der Waals surface area (Å²) in [6.07, 6.45) is 1.51. The summed E-state index contributed by atoms with van der Waals surface area (Å²) >= 11 is 5.54. The second kappa shape index (κ2) is 7.60. The number of fused-ring (bicyclic) bond motifs is 2. The summed E-state index contributed by atoms with van der Waals surface area (Å²) in [7, 11) is 0. The minimum Gasteiger partial charge on any atom is -0.365 e. The molecule has 0 aliphatic rings. The Bertz CT molecular complexity index is 1120. The van der Waals surface area contributed by atoms with Gasteiger partial charge < -0.3 is 10.6 Å². The van der Waals surface area contributed by atoms with Crippen LogP contribution in [-0.2, 0) is 11.3 Å². The maximum Gasteiger partial charge on any atom is 0.239 e. The molecular formula is C21H17ClN4O. The Labute approximate surface area is 161 Å². The first-order valence-electron chi connectivity index (χ1n) is 8.56. The molecule has 4 rings (SSSR count). The highest BCUT2D eigenvalue weighted by atomic mass is 35.5. The molecule has 0 fully saturated rings. The van der Waals surface area contributed by atoms with Crippen molar-refractivity contribution in [2.45, 2.75) is 6.54 Å². The lowest BCUT2D eigenvalue weighted by Crippen LogP contribution is -2.12. The first-order chi connectivity index (χ1) is 13.2. The molecule has 0 atom stereocenters. The van der Waals surface area contributed by atoms with Gasteiger partial charge in [-0.3, -0.25) is 4.79 Å². The zero-order valence-corrected chi connectivity index (χ0v) is 15.2. The average molecular weight is 377 g/mol.